The Labute approximate surface area is 160 Å². The maximum absolute atomic E-state index is 12.4. The monoisotopic (exact) mass is 368 g/mol. The van der Waals surface area contributed by atoms with Gasteiger partial charge in [-0.25, -0.2) is 0 Å². The molecule has 0 aliphatic carbocycles. The zero-order valence-electron chi connectivity index (χ0n) is 15.8. The third-order valence-electron chi connectivity index (χ3n) is 5.50. The number of anilines is 1. The van der Waals surface area contributed by atoms with Crippen molar-refractivity contribution < 1.29 is 14.6 Å². The lowest BCUT2D eigenvalue weighted by Gasteiger charge is -2.41. The molecule has 1 aliphatic rings. The van der Waals surface area contributed by atoms with Crippen LogP contribution in [0.3, 0.4) is 0 Å². The number of Topliss-reactive ketones (excluding diaryl/α,β-unsaturated/α-hetero) is 1. The number of ether oxygens (including phenoxy) is 1. The summed E-state index contributed by atoms with van der Waals surface area (Å²) in [6.07, 6.45) is 0.972. The second-order valence-corrected chi connectivity index (χ2v) is 7.34. The first-order valence-corrected chi connectivity index (χ1v) is 9.45. The summed E-state index contributed by atoms with van der Waals surface area (Å²) in [7, 11) is 0. The number of nitrogens with two attached hydrogens (primary N) is 1. The van der Waals surface area contributed by atoms with Crippen LogP contribution in [0.25, 0.3) is 0 Å². The number of β-amino-alcohol motifs (C(OH)–C–C–N with tert-alkyl or cyclic N) is 1. The summed E-state index contributed by atoms with van der Waals surface area (Å²) in [4.78, 5) is 14.6. The van der Waals surface area contributed by atoms with Gasteiger partial charge in [0.25, 0.3) is 0 Å². The molecule has 2 aromatic carbocycles. The van der Waals surface area contributed by atoms with E-state index in [0.29, 0.717) is 18.0 Å². The molecule has 0 radical (unpaired) electrons. The molecule has 1 aliphatic heterocycles. The van der Waals surface area contributed by atoms with Crippen LogP contribution in [-0.2, 0) is 10.2 Å². The molecule has 0 saturated carbocycles. The van der Waals surface area contributed by atoms with Gasteiger partial charge in [0.15, 0.2) is 0 Å². The average molecular weight is 368 g/mol. The predicted octanol–water partition coefficient (Wildman–Crippen LogP) is 2.63. The number of carbonyl (C=O) groups excluding carboxylic acids is 1. The second-order valence-electron chi connectivity index (χ2n) is 7.34. The number of benzene rings is 2. The highest BCUT2D eigenvalue weighted by Gasteiger charge is 2.40. The first-order valence-electron chi connectivity index (χ1n) is 9.45. The summed E-state index contributed by atoms with van der Waals surface area (Å²) < 4.78 is 5.63. The van der Waals surface area contributed by atoms with Crippen molar-refractivity contribution in [1.29, 1.82) is 0 Å². The molecule has 2 aromatic rings. The number of ketones is 1. The van der Waals surface area contributed by atoms with E-state index < -0.39 is 11.5 Å². The van der Waals surface area contributed by atoms with Crippen LogP contribution in [0.5, 0.6) is 5.75 Å². The summed E-state index contributed by atoms with van der Waals surface area (Å²) in [5, 5.41) is 10.3. The van der Waals surface area contributed by atoms with E-state index in [4.69, 9.17) is 10.5 Å². The minimum absolute atomic E-state index is 0.223. The molecule has 0 spiro atoms. The zero-order chi connectivity index (χ0) is 19.3. The Balaban J connectivity index is 1.52. The van der Waals surface area contributed by atoms with Crippen LogP contribution >= 0.6 is 0 Å². The van der Waals surface area contributed by atoms with E-state index in [-0.39, 0.29) is 12.4 Å². The SMILES string of the molecule is CC(=O)C1(c2ccccc2)CCN(CC(O)COc2ccc(N)cc2)CC1. The molecule has 3 rings (SSSR count). The van der Waals surface area contributed by atoms with Gasteiger partial charge in [0.05, 0.1) is 5.41 Å². The molecule has 1 saturated heterocycles. The van der Waals surface area contributed by atoms with Gasteiger partial charge in [-0.1, -0.05) is 30.3 Å². The van der Waals surface area contributed by atoms with Crippen LogP contribution in [0.4, 0.5) is 5.69 Å². The molecule has 5 heteroatoms. The highest BCUT2D eigenvalue weighted by Crippen LogP contribution is 2.36. The molecule has 3 N–H and O–H groups in total. The summed E-state index contributed by atoms with van der Waals surface area (Å²) in [5.74, 6) is 0.919. The van der Waals surface area contributed by atoms with Crippen LogP contribution in [-0.4, -0.2) is 48.1 Å². The van der Waals surface area contributed by atoms with Crippen molar-refractivity contribution >= 4 is 11.5 Å². The maximum atomic E-state index is 12.4. The van der Waals surface area contributed by atoms with Crippen molar-refractivity contribution in [3.63, 3.8) is 0 Å². The van der Waals surface area contributed by atoms with Crippen molar-refractivity contribution in [1.82, 2.24) is 4.90 Å². The van der Waals surface area contributed by atoms with Gasteiger partial charge in [0, 0.05) is 12.2 Å². The number of hydrogen-bond donors (Lipinski definition) is 2. The second kappa shape index (κ2) is 8.55. The van der Waals surface area contributed by atoms with Crippen molar-refractivity contribution in [3.8, 4) is 5.75 Å². The third-order valence-corrected chi connectivity index (χ3v) is 5.50. The Morgan fingerprint density at radius 2 is 1.78 bits per heavy atom. The highest BCUT2D eigenvalue weighted by molar-refractivity contribution is 5.88. The quantitative estimate of drug-likeness (QED) is 0.735. The predicted molar refractivity (Wildman–Crippen MR) is 107 cm³/mol. The third kappa shape index (κ3) is 4.67. The molecule has 0 aromatic heterocycles. The van der Waals surface area contributed by atoms with Crippen LogP contribution in [0, 0.1) is 0 Å². The Kier molecular flexibility index (Phi) is 6.14. The lowest BCUT2D eigenvalue weighted by molar-refractivity contribution is -0.124. The van der Waals surface area contributed by atoms with Gasteiger partial charge in [0.2, 0.25) is 0 Å². The fourth-order valence-corrected chi connectivity index (χ4v) is 3.83. The van der Waals surface area contributed by atoms with E-state index in [1.807, 2.05) is 30.3 Å². The lowest BCUT2D eigenvalue weighted by atomic mass is 9.70. The summed E-state index contributed by atoms with van der Waals surface area (Å²) >= 11 is 0. The van der Waals surface area contributed by atoms with Crippen molar-refractivity contribution in [2.75, 3.05) is 32.0 Å². The van der Waals surface area contributed by atoms with Crippen LogP contribution in [0.2, 0.25) is 0 Å². The molecule has 1 unspecified atom stereocenters. The topological polar surface area (TPSA) is 75.8 Å². The molecule has 5 nitrogen and oxygen atoms in total. The number of carbonyl (C=O) groups is 1. The minimum atomic E-state index is -0.580. The molecule has 0 amide bonds. The van der Waals surface area contributed by atoms with E-state index in [2.05, 4.69) is 4.90 Å². The van der Waals surface area contributed by atoms with Crippen molar-refractivity contribution in [2.45, 2.75) is 31.3 Å². The molecular weight excluding hydrogens is 340 g/mol. The van der Waals surface area contributed by atoms with Crippen LogP contribution in [0.15, 0.2) is 54.6 Å². The molecule has 1 atom stereocenters. The molecule has 1 heterocycles. The number of nitrogen functional groups attached to an aromatic ring is 1. The number of aliphatic hydroxyl groups is 1. The smallest absolute Gasteiger partial charge is 0.140 e. The summed E-state index contributed by atoms with van der Waals surface area (Å²) in [5.41, 5.74) is 7.04. The highest BCUT2D eigenvalue weighted by atomic mass is 16.5. The van der Waals surface area contributed by atoms with Gasteiger partial charge in [-0.2, -0.15) is 0 Å². The van der Waals surface area contributed by atoms with Gasteiger partial charge in [-0.15, -0.1) is 0 Å². The van der Waals surface area contributed by atoms with E-state index in [9.17, 15) is 9.90 Å². The Bertz CT molecular complexity index is 738. The minimum Gasteiger partial charge on any atom is -0.491 e. The normalized spacial score (nSPS) is 18.0. The van der Waals surface area contributed by atoms with Gasteiger partial charge in [-0.05, 0) is 62.7 Å². The van der Waals surface area contributed by atoms with E-state index in [1.165, 1.54) is 0 Å². The number of hydrogen-bond acceptors (Lipinski definition) is 5. The van der Waals surface area contributed by atoms with Gasteiger partial charge in [0.1, 0.15) is 24.2 Å². The molecule has 0 bridgehead atoms. The lowest BCUT2D eigenvalue weighted by Crippen LogP contribution is -2.48. The number of likely N-dealkylation sites (tertiary alicyclic amines) is 1. The van der Waals surface area contributed by atoms with Crippen molar-refractivity contribution in [3.05, 3.63) is 60.2 Å². The Hall–Kier alpha value is -2.37. The summed E-state index contributed by atoms with van der Waals surface area (Å²) in [6, 6.07) is 17.2. The zero-order valence-corrected chi connectivity index (χ0v) is 15.8. The Morgan fingerprint density at radius 1 is 1.15 bits per heavy atom. The molecule has 1 fully saturated rings. The number of aliphatic hydroxyl groups excluding tert-OH is 1. The maximum Gasteiger partial charge on any atom is 0.140 e. The van der Waals surface area contributed by atoms with E-state index >= 15 is 0 Å². The van der Waals surface area contributed by atoms with Gasteiger partial charge in [-0.3, -0.25) is 4.79 Å². The number of rotatable bonds is 7. The Morgan fingerprint density at radius 3 is 2.37 bits per heavy atom. The largest absolute Gasteiger partial charge is 0.491 e. The van der Waals surface area contributed by atoms with Crippen LogP contribution in [0.1, 0.15) is 25.3 Å². The van der Waals surface area contributed by atoms with Gasteiger partial charge >= 0.3 is 0 Å². The van der Waals surface area contributed by atoms with Crippen molar-refractivity contribution in [2.24, 2.45) is 0 Å². The van der Waals surface area contributed by atoms with E-state index in [0.717, 1.165) is 31.5 Å². The summed E-state index contributed by atoms with van der Waals surface area (Å²) in [6.45, 7) is 4.04. The fraction of sp³-hybridized carbons (Fsp3) is 0.409. The van der Waals surface area contributed by atoms with Crippen LogP contribution < -0.4 is 10.5 Å². The van der Waals surface area contributed by atoms with E-state index in [1.54, 1.807) is 31.2 Å². The first kappa shape index (κ1) is 19.4. The molecule has 144 valence electrons. The fourth-order valence-electron chi connectivity index (χ4n) is 3.83. The first-order chi connectivity index (χ1) is 13.0. The standard InChI is InChI=1S/C22H28N2O3/c1-17(25)22(18-5-3-2-4-6-18)11-13-24(14-12-22)15-20(26)16-27-21-9-7-19(23)8-10-21/h2-10,20,26H,11-16,23H2,1H3. The molecular formula is C22H28N2O3. The number of piperidine rings is 1. The average Bonchev–Trinajstić information content (AvgIpc) is 2.69. The number of nitrogens with zero attached hydrogens (tertiary/aromatic N) is 1. The van der Waals surface area contributed by atoms with Gasteiger partial charge < -0.3 is 20.5 Å². The molecule has 27 heavy (non-hydrogen) atoms.